The van der Waals surface area contributed by atoms with Crippen LogP contribution in [0.15, 0.2) is 40.9 Å². The van der Waals surface area contributed by atoms with Gasteiger partial charge in [-0.25, -0.2) is 4.57 Å². The van der Waals surface area contributed by atoms with E-state index in [9.17, 15) is 19.0 Å². The van der Waals surface area contributed by atoms with E-state index in [2.05, 4.69) is 64.2 Å². The summed E-state index contributed by atoms with van der Waals surface area (Å²) in [4.78, 5) is 35.5. The Morgan fingerprint density at radius 3 is 2.00 bits per heavy atom. The molecule has 0 spiro atoms. The standard InChI is InChI=1S/C48H82NO10P/c1-8-10-25-32-45-46(59-45)33-27-22-18-13-11-12-14-19-23-28-34-47(50)54-38-42(39-56-60(52,53)55-37-36-49(5,6)7)57-48(51)35-29-24-20-16-15-17-21-26-31-44-41(4)40(3)43(58-44)30-9-2/h11,13-14,19,22,27,42,45-46H,8-10,12,15-18,20-21,23-26,28-39H2,1-7H3/p+1/b13-11-,19-14-,27-22-/t42-,45?,46?/m1/s1. The third-order valence-electron chi connectivity index (χ3n) is 10.8. The third-order valence-corrected chi connectivity index (χ3v) is 11.8. The van der Waals surface area contributed by atoms with Gasteiger partial charge >= 0.3 is 19.8 Å². The highest BCUT2D eigenvalue weighted by atomic mass is 31.2. The Hall–Kier alpha value is -2.53. The Labute approximate surface area is 363 Å². The van der Waals surface area contributed by atoms with Gasteiger partial charge in [0.15, 0.2) is 6.10 Å². The van der Waals surface area contributed by atoms with E-state index in [4.69, 9.17) is 27.7 Å². The summed E-state index contributed by atoms with van der Waals surface area (Å²) in [6, 6.07) is 0. The van der Waals surface area contributed by atoms with Gasteiger partial charge in [0.2, 0.25) is 0 Å². The Balaban J connectivity index is 1.63. The molecule has 0 aliphatic carbocycles. The van der Waals surface area contributed by atoms with Crippen molar-refractivity contribution in [1.82, 2.24) is 0 Å². The smallest absolute Gasteiger partial charge is 0.466 e. The van der Waals surface area contributed by atoms with Crippen molar-refractivity contribution >= 4 is 19.8 Å². The fraction of sp³-hybridized carbons (Fsp3) is 0.750. The van der Waals surface area contributed by atoms with Gasteiger partial charge in [-0.2, -0.15) is 0 Å². The Bertz CT molecular complexity index is 1460. The van der Waals surface area contributed by atoms with E-state index in [0.29, 0.717) is 36.1 Å². The summed E-state index contributed by atoms with van der Waals surface area (Å²) in [5, 5.41) is 0. The van der Waals surface area contributed by atoms with Crippen molar-refractivity contribution in [2.24, 2.45) is 0 Å². The molecule has 1 aliphatic rings. The molecule has 2 rings (SSSR count). The molecule has 2 heterocycles. The van der Waals surface area contributed by atoms with Crippen LogP contribution in [-0.2, 0) is 50.3 Å². The maximum Gasteiger partial charge on any atom is 0.472 e. The zero-order chi connectivity index (χ0) is 44.1. The number of carbonyl (C=O) groups is 2. The average Bonchev–Trinajstić information content (AvgIpc) is 3.89. The van der Waals surface area contributed by atoms with Gasteiger partial charge < -0.3 is 28.0 Å². The van der Waals surface area contributed by atoms with Gasteiger partial charge in [0.1, 0.15) is 31.3 Å². The summed E-state index contributed by atoms with van der Waals surface area (Å²) in [5.41, 5.74) is 2.62. The highest BCUT2D eigenvalue weighted by Gasteiger charge is 2.36. The lowest BCUT2D eigenvalue weighted by atomic mass is 10.0. The van der Waals surface area contributed by atoms with Gasteiger partial charge in [-0.15, -0.1) is 0 Å². The minimum Gasteiger partial charge on any atom is -0.466 e. The van der Waals surface area contributed by atoms with Gasteiger partial charge in [0, 0.05) is 25.7 Å². The van der Waals surface area contributed by atoms with Crippen LogP contribution in [-0.4, -0.2) is 87.1 Å². The second kappa shape index (κ2) is 31.3. The topological polar surface area (TPSA) is 134 Å². The number of phosphoric acid groups is 1. The lowest BCUT2D eigenvalue weighted by molar-refractivity contribution is -0.870. The second-order valence-electron chi connectivity index (χ2n) is 17.4. The van der Waals surface area contributed by atoms with Crippen molar-refractivity contribution in [3.8, 4) is 0 Å². The van der Waals surface area contributed by atoms with Crippen LogP contribution in [0.5, 0.6) is 0 Å². The number of likely N-dealkylation sites (N-methyl/N-ethyl adjacent to an activating group) is 1. The number of ether oxygens (including phenoxy) is 3. The molecule has 0 aromatic carbocycles. The van der Waals surface area contributed by atoms with E-state index >= 15 is 0 Å². The van der Waals surface area contributed by atoms with E-state index < -0.39 is 32.5 Å². The summed E-state index contributed by atoms with van der Waals surface area (Å²) in [5.74, 6) is 1.40. The number of furan rings is 1. The molecule has 1 aliphatic heterocycles. The Kier molecular flexibility index (Phi) is 28.0. The van der Waals surface area contributed by atoms with E-state index in [1.165, 1.54) is 49.7 Å². The number of esters is 2. The number of unbranched alkanes of at least 4 members (excludes halogenated alkanes) is 10. The average molecular weight is 865 g/mol. The summed E-state index contributed by atoms with van der Waals surface area (Å²) < 4.78 is 46.2. The number of epoxide rings is 1. The first-order valence-corrected chi connectivity index (χ1v) is 24.7. The minimum atomic E-state index is -4.41. The molecule has 1 aromatic heterocycles. The van der Waals surface area contributed by atoms with Gasteiger partial charge in [-0.05, 0) is 82.8 Å². The Morgan fingerprint density at radius 2 is 1.33 bits per heavy atom. The maximum absolute atomic E-state index is 12.8. The quantitative estimate of drug-likeness (QED) is 0.0172. The molecule has 0 bridgehead atoms. The number of quaternary nitrogens is 1. The molecule has 4 atom stereocenters. The molecule has 11 nitrogen and oxygen atoms in total. The van der Waals surface area contributed by atoms with Crippen molar-refractivity contribution < 1.29 is 51.2 Å². The first-order valence-electron chi connectivity index (χ1n) is 23.2. The number of aryl methyl sites for hydroxylation is 2. The first-order chi connectivity index (χ1) is 28.7. The number of hydrogen-bond donors (Lipinski definition) is 1. The normalized spacial score (nSPS) is 17.2. The van der Waals surface area contributed by atoms with Crippen molar-refractivity contribution in [2.45, 2.75) is 187 Å². The maximum atomic E-state index is 12.8. The summed E-state index contributed by atoms with van der Waals surface area (Å²) in [6.07, 6.45) is 33.6. The predicted molar refractivity (Wildman–Crippen MR) is 241 cm³/mol. The molecule has 344 valence electrons. The second-order valence-corrected chi connectivity index (χ2v) is 18.9. The molecule has 0 saturated carbocycles. The molecule has 1 saturated heterocycles. The van der Waals surface area contributed by atoms with Crippen molar-refractivity contribution in [2.75, 3.05) is 47.5 Å². The van der Waals surface area contributed by atoms with Crippen molar-refractivity contribution in [3.63, 3.8) is 0 Å². The van der Waals surface area contributed by atoms with E-state index in [0.717, 1.165) is 88.6 Å². The van der Waals surface area contributed by atoms with Crippen LogP contribution < -0.4 is 0 Å². The van der Waals surface area contributed by atoms with E-state index in [1.807, 2.05) is 21.1 Å². The molecular formula is C48H83NO10P+. The van der Waals surface area contributed by atoms with Crippen molar-refractivity contribution in [3.05, 3.63) is 59.1 Å². The van der Waals surface area contributed by atoms with Gasteiger partial charge in [-0.1, -0.05) is 108 Å². The number of phosphoric ester groups is 1. The molecule has 0 radical (unpaired) electrons. The van der Waals surface area contributed by atoms with Crippen LogP contribution in [0, 0.1) is 13.8 Å². The van der Waals surface area contributed by atoms with Gasteiger partial charge in [0.05, 0.1) is 40.0 Å². The molecule has 0 amide bonds. The zero-order valence-electron chi connectivity index (χ0n) is 38.6. The van der Waals surface area contributed by atoms with E-state index in [-0.39, 0.29) is 26.1 Å². The number of hydrogen-bond acceptors (Lipinski definition) is 9. The highest BCUT2D eigenvalue weighted by Crippen LogP contribution is 2.43. The SMILES string of the molecule is CCCCCC1OC1C/C=C\C/C=C\C/C=C\CCCC(=O)OC[C@H](COP(=O)(O)OCC[N+](C)(C)C)OC(=O)CCCCCCCCCCc1oc(CCC)c(C)c1C. The van der Waals surface area contributed by atoms with Crippen LogP contribution in [0.25, 0.3) is 0 Å². The molecule has 1 N–H and O–H groups in total. The van der Waals surface area contributed by atoms with Crippen LogP contribution in [0.2, 0.25) is 0 Å². The molecular weight excluding hydrogens is 781 g/mol. The summed E-state index contributed by atoms with van der Waals surface area (Å²) >= 11 is 0. The fourth-order valence-electron chi connectivity index (χ4n) is 6.79. The molecule has 1 aromatic rings. The third kappa shape index (κ3) is 26.7. The lowest BCUT2D eigenvalue weighted by Crippen LogP contribution is -2.37. The van der Waals surface area contributed by atoms with E-state index in [1.54, 1.807) is 0 Å². The molecule has 3 unspecified atom stereocenters. The molecule has 1 fully saturated rings. The lowest BCUT2D eigenvalue weighted by Gasteiger charge is -2.24. The predicted octanol–water partition coefficient (Wildman–Crippen LogP) is 11.6. The van der Waals surface area contributed by atoms with Crippen LogP contribution in [0.4, 0.5) is 0 Å². The highest BCUT2D eigenvalue weighted by molar-refractivity contribution is 7.47. The Morgan fingerprint density at radius 1 is 0.717 bits per heavy atom. The number of allylic oxidation sites excluding steroid dienone is 5. The summed E-state index contributed by atoms with van der Waals surface area (Å²) in [7, 11) is 1.41. The number of rotatable bonds is 37. The zero-order valence-corrected chi connectivity index (χ0v) is 39.5. The monoisotopic (exact) mass is 865 g/mol. The number of carbonyl (C=O) groups excluding carboxylic acids is 2. The fourth-order valence-corrected chi connectivity index (χ4v) is 7.54. The van der Waals surface area contributed by atoms with Crippen LogP contribution in [0.3, 0.4) is 0 Å². The van der Waals surface area contributed by atoms with Crippen LogP contribution in [0.1, 0.15) is 165 Å². The first kappa shape index (κ1) is 53.6. The minimum absolute atomic E-state index is 0.0132. The summed E-state index contributed by atoms with van der Waals surface area (Å²) in [6.45, 7) is 8.54. The van der Waals surface area contributed by atoms with Gasteiger partial charge in [0.25, 0.3) is 0 Å². The van der Waals surface area contributed by atoms with Gasteiger partial charge in [-0.3, -0.25) is 18.6 Å². The largest absolute Gasteiger partial charge is 0.472 e. The molecule has 12 heteroatoms. The molecule has 60 heavy (non-hydrogen) atoms. The van der Waals surface area contributed by atoms with Crippen molar-refractivity contribution in [1.29, 1.82) is 0 Å². The number of nitrogens with zero attached hydrogens (tertiary/aromatic N) is 1. The van der Waals surface area contributed by atoms with Crippen LogP contribution >= 0.6 is 7.82 Å².